The molecule has 0 saturated heterocycles. The molecule has 5 heteroatoms. The van der Waals surface area contributed by atoms with Crippen LogP contribution in [0.2, 0.25) is 0 Å². The van der Waals surface area contributed by atoms with Crippen molar-refractivity contribution < 1.29 is 4.79 Å². The monoisotopic (exact) mass is 220 g/mol. The van der Waals surface area contributed by atoms with Gasteiger partial charge >= 0.3 is 0 Å². The van der Waals surface area contributed by atoms with Crippen LogP contribution >= 0.6 is 0 Å². The number of aromatic nitrogens is 2. The van der Waals surface area contributed by atoms with Gasteiger partial charge in [0, 0.05) is 6.54 Å². The van der Waals surface area contributed by atoms with Crippen molar-refractivity contribution in [2.45, 2.75) is 32.6 Å². The maximum absolute atomic E-state index is 11.7. The summed E-state index contributed by atoms with van der Waals surface area (Å²) in [4.78, 5) is 20.3. The number of carbonyl (C=O) groups excluding carboxylic acids is 1. The van der Waals surface area contributed by atoms with Crippen LogP contribution in [0.5, 0.6) is 0 Å². The third kappa shape index (κ3) is 1.98. The lowest BCUT2D eigenvalue weighted by Crippen LogP contribution is -2.26. The van der Waals surface area contributed by atoms with Crippen LogP contribution in [-0.4, -0.2) is 22.4 Å². The molecule has 1 aromatic rings. The summed E-state index contributed by atoms with van der Waals surface area (Å²) in [5, 5.41) is 2.69. The number of aryl methyl sites for hydroxylation is 2. The van der Waals surface area contributed by atoms with Crippen LogP contribution in [0.25, 0.3) is 0 Å². The predicted octanol–water partition coefficient (Wildman–Crippen LogP) is 0.687. The molecule has 1 amide bonds. The number of hydrogen-bond donors (Lipinski definition) is 2. The summed E-state index contributed by atoms with van der Waals surface area (Å²) in [5.74, 6) is 0.00692. The van der Waals surface area contributed by atoms with Gasteiger partial charge in [-0.2, -0.15) is 0 Å². The van der Waals surface area contributed by atoms with E-state index in [1.54, 1.807) is 0 Å². The van der Waals surface area contributed by atoms with Crippen molar-refractivity contribution in [1.29, 1.82) is 0 Å². The highest BCUT2D eigenvalue weighted by Gasteiger charge is 2.18. The Labute approximate surface area is 94.5 Å². The van der Waals surface area contributed by atoms with Crippen molar-refractivity contribution in [2.75, 3.05) is 12.3 Å². The van der Waals surface area contributed by atoms with Gasteiger partial charge in [-0.15, -0.1) is 0 Å². The second kappa shape index (κ2) is 4.47. The number of carbonyl (C=O) groups is 1. The average molecular weight is 220 g/mol. The first-order chi connectivity index (χ1) is 7.72. The summed E-state index contributed by atoms with van der Waals surface area (Å²) in [7, 11) is 0. The normalized spacial score (nSPS) is 14.3. The molecule has 0 unspecified atom stereocenters. The fraction of sp³-hybridized carbons (Fsp3) is 0.545. The first-order valence-corrected chi connectivity index (χ1v) is 5.65. The fourth-order valence-electron chi connectivity index (χ4n) is 1.92. The van der Waals surface area contributed by atoms with Gasteiger partial charge in [0.25, 0.3) is 5.91 Å². The molecule has 0 bridgehead atoms. The largest absolute Gasteiger partial charge is 0.382 e. The lowest BCUT2D eigenvalue weighted by atomic mass is 10.0. The summed E-state index contributed by atoms with van der Waals surface area (Å²) in [5.41, 5.74) is 7.90. The minimum atomic E-state index is -0.235. The Kier molecular flexibility index (Phi) is 3.03. The van der Waals surface area contributed by atoms with Crippen molar-refractivity contribution in [3.63, 3.8) is 0 Å². The van der Waals surface area contributed by atoms with Gasteiger partial charge < -0.3 is 11.1 Å². The molecule has 86 valence electrons. The Balaban J connectivity index is 2.35. The Bertz CT molecular complexity index is 417. The van der Waals surface area contributed by atoms with Crippen LogP contribution in [0.4, 0.5) is 5.82 Å². The quantitative estimate of drug-likeness (QED) is 0.768. The van der Waals surface area contributed by atoms with Gasteiger partial charge in [0.05, 0.1) is 11.4 Å². The molecule has 0 atom stereocenters. The SMILES string of the molecule is CCNC(=O)c1nc2c(nc1N)CCCC2. The molecular formula is C11H16N4O. The summed E-state index contributed by atoms with van der Waals surface area (Å²) < 4.78 is 0. The lowest BCUT2D eigenvalue weighted by Gasteiger charge is -2.15. The van der Waals surface area contributed by atoms with Crippen LogP contribution in [0.15, 0.2) is 0 Å². The van der Waals surface area contributed by atoms with Gasteiger partial charge in [-0.1, -0.05) is 0 Å². The van der Waals surface area contributed by atoms with Crippen molar-refractivity contribution in [3.8, 4) is 0 Å². The third-order valence-corrected chi connectivity index (χ3v) is 2.71. The number of nitrogens with two attached hydrogens (primary N) is 1. The molecule has 2 rings (SSSR count). The number of nitrogens with zero attached hydrogens (tertiary/aromatic N) is 2. The third-order valence-electron chi connectivity index (χ3n) is 2.71. The van der Waals surface area contributed by atoms with E-state index >= 15 is 0 Å². The first kappa shape index (κ1) is 10.9. The molecule has 0 aliphatic heterocycles. The van der Waals surface area contributed by atoms with E-state index in [-0.39, 0.29) is 17.4 Å². The number of nitrogens with one attached hydrogen (secondary N) is 1. The zero-order valence-corrected chi connectivity index (χ0v) is 9.42. The van der Waals surface area contributed by atoms with Gasteiger partial charge in [-0.3, -0.25) is 4.79 Å². The maximum atomic E-state index is 11.7. The lowest BCUT2D eigenvalue weighted by molar-refractivity contribution is 0.0951. The van der Waals surface area contributed by atoms with E-state index < -0.39 is 0 Å². The highest BCUT2D eigenvalue weighted by Crippen LogP contribution is 2.20. The van der Waals surface area contributed by atoms with Crippen molar-refractivity contribution >= 4 is 11.7 Å². The second-order valence-electron chi connectivity index (χ2n) is 3.92. The van der Waals surface area contributed by atoms with Crippen molar-refractivity contribution in [2.24, 2.45) is 0 Å². The van der Waals surface area contributed by atoms with E-state index in [0.717, 1.165) is 37.1 Å². The molecule has 1 heterocycles. The molecule has 1 aliphatic rings. The molecule has 0 spiro atoms. The number of fused-ring (bicyclic) bond motifs is 1. The van der Waals surface area contributed by atoms with Crippen LogP contribution in [0.3, 0.4) is 0 Å². The highest BCUT2D eigenvalue weighted by molar-refractivity contribution is 5.96. The van der Waals surface area contributed by atoms with Crippen molar-refractivity contribution in [3.05, 3.63) is 17.1 Å². The van der Waals surface area contributed by atoms with Gasteiger partial charge in [0.2, 0.25) is 0 Å². The molecule has 0 radical (unpaired) electrons. The summed E-state index contributed by atoms with van der Waals surface area (Å²) in [6, 6.07) is 0. The van der Waals surface area contributed by atoms with E-state index in [1.165, 1.54) is 0 Å². The van der Waals surface area contributed by atoms with Gasteiger partial charge in [0.1, 0.15) is 0 Å². The Morgan fingerprint density at radius 3 is 2.56 bits per heavy atom. The number of hydrogen-bond acceptors (Lipinski definition) is 4. The smallest absolute Gasteiger partial charge is 0.273 e. The summed E-state index contributed by atoms with van der Waals surface area (Å²) in [6.45, 7) is 2.43. The van der Waals surface area contributed by atoms with Crippen LogP contribution in [0.1, 0.15) is 41.6 Å². The van der Waals surface area contributed by atoms with Gasteiger partial charge in [-0.25, -0.2) is 9.97 Å². The van der Waals surface area contributed by atoms with E-state index in [0.29, 0.717) is 6.54 Å². The highest BCUT2D eigenvalue weighted by atomic mass is 16.1. The van der Waals surface area contributed by atoms with E-state index in [1.807, 2.05) is 6.92 Å². The summed E-state index contributed by atoms with van der Waals surface area (Å²) in [6.07, 6.45) is 4.05. The van der Waals surface area contributed by atoms with Gasteiger partial charge in [0.15, 0.2) is 11.5 Å². The molecule has 16 heavy (non-hydrogen) atoms. The zero-order valence-electron chi connectivity index (χ0n) is 9.42. The standard InChI is InChI=1S/C11H16N4O/c1-2-13-11(16)9-10(12)15-8-6-4-3-5-7(8)14-9/h2-6H2,1H3,(H2,12,15)(H,13,16). The number of nitrogen functional groups attached to an aromatic ring is 1. The molecule has 5 nitrogen and oxygen atoms in total. The number of amides is 1. The van der Waals surface area contributed by atoms with Crippen LogP contribution in [0, 0.1) is 0 Å². The Morgan fingerprint density at radius 2 is 1.94 bits per heavy atom. The number of anilines is 1. The molecule has 1 aliphatic carbocycles. The van der Waals surface area contributed by atoms with Crippen LogP contribution in [-0.2, 0) is 12.8 Å². The van der Waals surface area contributed by atoms with E-state index in [9.17, 15) is 4.79 Å². The number of rotatable bonds is 2. The van der Waals surface area contributed by atoms with E-state index in [4.69, 9.17) is 5.73 Å². The molecule has 3 N–H and O–H groups in total. The fourth-order valence-corrected chi connectivity index (χ4v) is 1.92. The zero-order chi connectivity index (χ0) is 11.5. The predicted molar refractivity (Wildman–Crippen MR) is 61.1 cm³/mol. The molecule has 1 aromatic heterocycles. The first-order valence-electron chi connectivity index (χ1n) is 5.65. The minimum absolute atomic E-state index is 0.235. The van der Waals surface area contributed by atoms with Crippen LogP contribution < -0.4 is 11.1 Å². The molecular weight excluding hydrogens is 204 g/mol. The minimum Gasteiger partial charge on any atom is -0.382 e. The van der Waals surface area contributed by atoms with Gasteiger partial charge in [-0.05, 0) is 32.6 Å². The molecule has 0 saturated carbocycles. The van der Waals surface area contributed by atoms with Crippen molar-refractivity contribution in [1.82, 2.24) is 15.3 Å². The molecule has 0 fully saturated rings. The second-order valence-corrected chi connectivity index (χ2v) is 3.92. The average Bonchev–Trinajstić information content (AvgIpc) is 2.28. The molecule has 0 aromatic carbocycles. The van der Waals surface area contributed by atoms with E-state index in [2.05, 4.69) is 15.3 Å². The summed E-state index contributed by atoms with van der Waals surface area (Å²) >= 11 is 0. The maximum Gasteiger partial charge on any atom is 0.273 e. The Hall–Kier alpha value is -1.65. The Morgan fingerprint density at radius 1 is 1.31 bits per heavy atom. The topological polar surface area (TPSA) is 80.9 Å².